The largest absolute Gasteiger partial charge is 0.493 e. The highest BCUT2D eigenvalue weighted by atomic mass is 19.4. The lowest BCUT2D eigenvalue weighted by Gasteiger charge is -2.32. The number of nitrogens with two attached hydrogens (primary N) is 1. The van der Waals surface area contributed by atoms with E-state index in [-0.39, 0.29) is 11.1 Å². The van der Waals surface area contributed by atoms with Crippen LogP contribution in [0.1, 0.15) is 47.6 Å². The molecule has 36 heavy (non-hydrogen) atoms. The van der Waals surface area contributed by atoms with Crippen LogP contribution >= 0.6 is 0 Å². The van der Waals surface area contributed by atoms with Gasteiger partial charge < -0.3 is 20.2 Å². The molecule has 13 heteroatoms. The molecule has 192 valence electrons. The number of aromatic nitrogens is 2. The second-order valence-electron chi connectivity index (χ2n) is 8.57. The van der Waals surface area contributed by atoms with Crippen LogP contribution in [-0.2, 0) is 4.74 Å². The first-order valence-corrected chi connectivity index (χ1v) is 10.5. The third kappa shape index (κ3) is 3.60. The van der Waals surface area contributed by atoms with E-state index < -0.39 is 81.0 Å². The van der Waals surface area contributed by atoms with Gasteiger partial charge in [-0.25, -0.2) is 8.78 Å². The number of halogens is 6. The number of aromatic amines is 1. The number of nitrogens with one attached hydrogen (secondary N) is 1. The van der Waals surface area contributed by atoms with Gasteiger partial charge in [-0.1, -0.05) is 13.0 Å². The van der Waals surface area contributed by atoms with Crippen LogP contribution in [0.15, 0.2) is 29.2 Å². The predicted molar refractivity (Wildman–Crippen MR) is 114 cm³/mol. The fraction of sp³-hybridized carbons (Fsp3) is 0.348. The lowest BCUT2D eigenvalue weighted by Crippen LogP contribution is -2.46. The summed E-state index contributed by atoms with van der Waals surface area (Å²) in [4.78, 5) is 30.8. The van der Waals surface area contributed by atoms with Gasteiger partial charge in [-0.15, -0.1) is 0 Å². The smallest absolute Gasteiger partial charge is 0.417 e. The first-order valence-electron chi connectivity index (χ1n) is 10.5. The number of hydrogen-bond acceptors (Lipinski definition) is 5. The lowest BCUT2D eigenvalue weighted by molar-refractivity contribution is -0.275. The Hall–Kier alpha value is -3.61. The molecule has 3 heterocycles. The maximum Gasteiger partial charge on any atom is 0.417 e. The number of ether oxygens (including phenoxy) is 2. The van der Waals surface area contributed by atoms with Gasteiger partial charge in [0, 0.05) is 23.6 Å². The van der Waals surface area contributed by atoms with Crippen molar-refractivity contribution < 1.29 is 40.6 Å². The van der Waals surface area contributed by atoms with Crippen molar-refractivity contribution >= 4 is 16.8 Å². The molecule has 0 spiro atoms. The molecule has 0 saturated carbocycles. The van der Waals surface area contributed by atoms with Gasteiger partial charge in [-0.05, 0) is 19.1 Å². The van der Waals surface area contributed by atoms with Gasteiger partial charge in [0.15, 0.2) is 23.0 Å². The Labute approximate surface area is 199 Å². The van der Waals surface area contributed by atoms with E-state index in [9.17, 15) is 31.5 Å². The Balaban J connectivity index is 2.03. The Bertz CT molecular complexity index is 1440. The zero-order chi connectivity index (χ0) is 26.7. The van der Waals surface area contributed by atoms with Crippen molar-refractivity contribution in [2.45, 2.75) is 37.6 Å². The summed E-state index contributed by atoms with van der Waals surface area (Å²) in [5.41, 5.74) is -0.629. The first kappa shape index (κ1) is 25.5. The standard InChI is InChI=1S/C23H19F6N3O4/c1-8-12(9-4-5-10(24)14(25)19(9)35-3)20(36-22(8,2)23(27,28)29)17-15(26)18(33)13-11(32-17)6-7-31-16(13)21(30)34/h4-8,12,20H,1-3H3,(H2,30,34)(H,32,33)/t8-,12-,20+,22+/m0/s1. The summed E-state index contributed by atoms with van der Waals surface area (Å²) in [6.45, 7) is 1.90. The van der Waals surface area contributed by atoms with Gasteiger partial charge in [0.05, 0.1) is 23.7 Å². The number of carbonyl (C=O) groups excluding carboxylic acids is 1. The van der Waals surface area contributed by atoms with E-state index in [0.29, 0.717) is 6.07 Å². The molecule has 0 radical (unpaired) electrons. The second kappa shape index (κ2) is 8.50. The summed E-state index contributed by atoms with van der Waals surface area (Å²) in [7, 11) is 0.997. The Morgan fingerprint density at radius 3 is 2.44 bits per heavy atom. The Kier molecular flexibility index (Phi) is 6.02. The number of carbonyl (C=O) groups is 1. The van der Waals surface area contributed by atoms with E-state index in [4.69, 9.17) is 15.2 Å². The van der Waals surface area contributed by atoms with Crippen molar-refractivity contribution in [1.29, 1.82) is 0 Å². The third-order valence-electron chi connectivity index (χ3n) is 6.71. The molecule has 1 aromatic carbocycles. The van der Waals surface area contributed by atoms with Crippen molar-refractivity contribution in [3.8, 4) is 5.75 Å². The molecule has 3 N–H and O–H groups in total. The number of alkyl halides is 3. The number of benzene rings is 1. The van der Waals surface area contributed by atoms with Crippen LogP contribution in [0, 0.1) is 23.4 Å². The van der Waals surface area contributed by atoms with Gasteiger partial charge in [-0.3, -0.25) is 14.6 Å². The van der Waals surface area contributed by atoms with Crippen LogP contribution < -0.4 is 15.9 Å². The van der Waals surface area contributed by atoms with Gasteiger partial charge in [0.2, 0.25) is 11.2 Å². The zero-order valence-corrected chi connectivity index (χ0v) is 19.0. The van der Waals surface area contributed by atoms with Crippen molar-refractivity contribution in [2.24, 2.45) is 11.7 Å². The minimum absolute atomic E-state index is 0.145. The monoisotopic (exact) mass is 515 g/mol. The molecule has 1 amide bonds. The van der Waals surface area contributed by atoms with Crippen LogP contribution in [0.5, 0.6) is 5.75 Å². The normalized spacial score (nSPS) is 24.3. The minimum atomic E-state index is -4.97. The first-order chi connectivity index (χ1) is 16.7. The average Bonchev–Trinajstić information content (AvgIpc) is 3.08. The Morgan fingerprint density at radius 1 is 1.19 bits per heavy atom. The fourth-order valence-corrected chi connectivity index (χ4v) is 4.67. The molecule has 0 unspecified atom stereocenters. The van der Waals surface area contributed by atoms with Crippen LogP contribution in [0.2, 0.25) is 0 Å². The predicted octanol–water partition coefficient (Wildman–Crippen LogP) is 4.26. The summed E-state index contributed by atoms with van der Waals surface area (Å²) in [6, 6.07) is 2.91. The number of fused-ring (bicyclic) bond motifs is 1. The average molecular weight is 515 g/mol. The van der Waals surface area contributed by atoms with E-state index in [1.807, 2.05) is 0 Å². The summed E-state index contributed by atoms with van der Waals surface area (Å²) in [5.74, 6) is -9.07. The summed E-state index contributed by atoms with van der Waals surface area (Å²) in [5, 5.41) is -0.502. The third-order valence-corrected chi connectivity index (χ3v) is 6.71. The van der Waals surface area contributed by atoms with E-state index >= 15 is 4.39 Å². The van der Waals surface area contributed by atoms with E-state index in [0.717, 1.165) is 33.2 Å². The molecule has 0 bridgehead atoms. The molecule has 1 fully saturated rings. The zero-order valence-electron chi connectivity index (χ0n) is 19.0. The van der Waals surface area contributed by atoms with Gasteiger partial charge in [0.1, 0.15) is 11.8 Å². The number of primary amides is 1. The maximum absolute atomic E-state index is 15.5. The highest BCUT2D eigenvalue weighted by Crippen LogP contribution is 2.59. The van der Waals surface area contributed by atoms with Crippen molar-refractivity contribution in [3.05, 3.63) is 69.0 Å². The van der Waals surface area contributed by atoms with E-state index in [1.165, 1.54) is 6.07 Å². The lowest BCUT2D eigenvalue weighted by atomic mass is 9.76. The number of amides is 1. The van der Waals surface area contributed by atoms with Crippen LogP contribution in [0.4, 0.5) is 26.3 Å². The summed E-state index contributed by atoms with van der Waals surface area (Å²) < 4.78 is 96.7. The SMILES string of the molecule is COc1c([C@H]2[C@H](c3[nH]c4ccnc(C(N)=O)c4c(=O)c3F)O[C@@](C)(C(F)(F)F)[C@H]2C)ccc(F)c1F. The van der Waals surface area contributed by atoms with Crippen molar-refractivity contribution in [3.63, 3.8) is 0 Å². The number of methoxy groups -OCH3 is 1. The summed E-state index contributed by atoms with van der Waals surface area (Å²) in [6.07, 6.45) is -5.71. The number of nitrogens with zero attached hydrogens (tertiary/aromatic N) is 1. The van der Waals surface area contributed by atoms with Crippen molar-refractivity contribution in [1.82, 2.24) is 9.97 Å². The molecule has 4 rings (SSSR count). The molecule has 1 aliphatic rings. The molecule has 1 saturated heterocycles. The number of pyridine rings is 2. The summed E-state index contributed by atoms with van der Waals surface area (Å²) >= 11 is 0. The molecular formula is C23H19F6N3O4. The maximum atomic E-state index is 15.5. The molecular weight excluding hydrogens is 496 g/mol. The molecule has 7 nitrogen and oxygen atoms in total. The number of rotatable bonds is 4. The van der Waals surface area contributed by atoms with Crippen LogP contribution in [0.25, 0.3) is 10.9 Å². The Morgan fingerprint density at radius 2 is 1.86 bits per heavy atom. The molecule has 1 aliphatic heterocycles. The van der Waals surface area contributed by atoms with Crippen LogP contribution in [0.3, 0.4) is 0 Å². The molecule has 0 aliphatic carbocycles. The van der Waals surface area contributed by atoms with Crippen LogP contribution in [-0.4, -0.2) is 34.8 Å². The molecule has 2 aromatic heterocycles. The van der Waals surface area contributed by atoms with Crippen molar-refractivity contribution in [2.75, 3.05) is 7.11 Å². The van der Waals surface area contributed by atoms with Gasteiger partial charge >= 0.3 is 6.18 Å². The highest BCUT2D eigenvalue weighted by Gasteiger charge is 2.65. The second-order valence-corrected chi connectivity index (χ2v) is 8.57. The minimum Gasteiger partial charge on any atom is -0.493 e. The topological polar surface area (TPSA) is 107 Å². The quantitative estimate of drug-likeness (QED) is 0.505. The number of hydrogen-bond donors (Lipinski definition) is 2. The fourth-order valence-electron chi connectivity index (χ4n) is 4.67. The van der Waals surface area contributed by atoms with Gasteiger partial charge in [-0.2, -0.15) is 17.6 Å². The number of H-pyrrole nitrogens is 1. The van der Waals surface area contributed by atoms with E-state index in [1.54, 1.807) is 0 Å². The highest BCUT2D eigenvalue weighted by molar-refractivity contribution is 6.03. The molecule has 4 atom stereocenters. The van der Waals surface area contributed by atoms with E-state index in [2.05, 4.69) is 9.97 Å². The van der Waals surface area contributed by atoms with Gasteiger partial charge in [0.25, 0.3) is 5.91 Å². The molecule has 3 aromatic rings.